The van der Waals surface area contributed by atoms with Crippen LogP contribution in [0.1, 0.15) is 12.8 Å². The SMILES string of the molecule is COc1ccccc1OCCN(C)C(=O)C(N)C1CCOCC1. The fourth-order valence-corrected chi connectivity index (χ4v) is 2.67. The van der Waals surface area contributed by atoms with Crippen LogP contribution in [0, 0.1) is 5.92 Å². The number of hydrogen-bond donors (Lipinski definition) is 1. The van der Waals surface area contributed by atoms with Gasteiger partial charge in [0.15, 0.2) is 11.5 Å². The number of hydrogen-bond acceptors (Lipinski definition) is 5. The Morgan fingerprint density at radius 2 is 2.00 bits per heavy atom. The summed E-state index contributed by atoms with van der Waals surface area (Å²) in [5.74, 6) is 1.51. The van der Waals surface area contributed by atoms with E-state index in [1.807, 2.05) is 24.3 Å². The van der Waals surface area contributed by atoms with Crippen molar-refractivity contribution in [3.05, 3.63) is 24.3 Å². The number of benzene rings is 1. The molecule has 1 atom stereocenters. The highest BCUT2D eigenvalue weighted by Crippen LogP contribution is 2.25. The van der Waals surface area contributed by atoms with E-state index in [4.69, 9.17) is 19.9 Å². The van der Waals surface area contributed by atoms with Crippen molar-refractivity contribution in [2.24, 2.45) is 11.7 Å². The molecule has 1 aliphatic heterocycles. The third kappa shape index (κ3) is 4.84. The lowest BCUT2D eigenvalue weighted by Gasteiger charge is -2.29. The lowest BCUT2D eigenvalue weighted by molar-refractivity contribution is -0.133. The second-order valence-corrected chi connectivity index (χ2v) is 5.73. The number of rotatable bonds is 7. The van der Waals surface area contributed by atoms with Crippen LogP contribution in [0.2, 0.25) is 0 Å². The molecule has 0 aromatic heterocycles. The quantitative estimate of drug-likeness (QED) is 0.819. The molecule has 1 amide bonds. The van der Waals surface area contributed by atoms with E-state index < -0.39 is 6.04 Å². The fraction of sp³-hybridized carbons (Fsp3) is 0.588. The van der Waals surface area contributed by atoms with Gasteiger partial charge in [-0.1, -0.05) is 12.1 Å². The first kappa shape index (κ1) is 17.6. The first-order valence-corrected chi connectivity index (χ1v) is 7.97. The van der Waals surface area contributed by atoms with Gasteiger partial charge >= 0.3 is 0 Å². The summed E-state index contributed by atoms with van der Waals surface area (Å²) in [5.41, 5.74) is 6.11. The predicted molar refractivity (Wildman–Crippen MR) is 87.6 cm³/mol. The van der Waals surface area contributed by atoms with Crippen LogP contribution in [0.3, 0.4) is 0 Å². The van der Waals surface area contributed by atoms with Crippen molar-refractivity contribution in [3.8, 4) is 11.5 Å². The van der Waals surface area contributed by atoms with Crippen LogP contribution < -0.4 is 15.2 Å². The highest BCUT2D eigenvalue weighted by molar-refractivity contribution is 5.81. The Bertz CT molecular complexity index is 503. The monoisotopic (exact) mass is 322 g/mol. The lowest BCUT2D eigenvalue weighted by Crippen LogP contribution is -2.48. The molecule has 2 N–H and O–H groups in total. The molecule has 1 aromatic carbocycles. The van der Waals surface area contributed by atoms with E-state index in [0.29, 0.717) is 37.9 Å². The number of carbonyl (C=O) groups is 1. The number of likely N-dealkylation sites (N-methyl/N-ethyl adjacent to an activating group) is 1. The summed E-state index contributed by atoms with van der Waals surface area (Å²) in [6.07, 6.45) is 1.69. The third-order valence-electron chi connectivity index (χ3n) is 4.19. The van der Waals surface area contributed by atoms with Crippen LogP contribution in [-0.2, 0) is 9.53 Å². The Kier molecular flexibility index (Phi) is 6.67. The average Bonchev–Trinajstić information content (AvgIpc) is 2.61. The Morgan fingerprint density at radius 1 is 1.35 bits per heavy atom. The number of ether oxygens (including phenoxy) is 3. The highest BCUT2D eigenvalue weighted by Gasteiger charge is 2.28. The van der Waals surface area contributed by atoms with Crippen molar-refractivity contribution in [1.29, 1.82) is 0 Å². The Balaban J connectivity index is 1.79. The van der Waals surface area contributed by atoms with Gasteiger partial charge in [0.05, 0.1) is 19.7 Å². The van der Waals surface area contributed by atoms with E-state index in [9.17, 15) is 4.79 Å². The predicted octanol–water partition coefficient (Wildman–Crippen LogP) is 1.29. The number of methoxy groups -OCH3 is 1. The zero-order chi connectivity index (χ0) is 16.7. The molecule has 1 aliphatic rings. The van der Waals surface area contributed by atoms with E-state index >= 15 is 0 Å². The number of carbonyl (C=O) groups excluding carboxylic acids is 1. The lowest BCUT2D eigenvalue weighted by atomic mass is 9.91. The molecular weight excluding hydrogens is 296 g/mol. The van der Waals surface area contributed by atoms with Crippen LogP contribution in [0.15, 0.2) is 24.3 Å². The zero-order valence-electron chi connectivity index (χ0n) is 13.9. The molecule has 6 nitrogen and oxygen atoms in total. The normalized spacial score (nSPS) is 16.7. The smallest absolute Gasteiger partial charge is 0.239 e. The van der Waals surface area contributed by atoms with Crippen LogP contribution in [0.4, 0.5) is 0 Å². The minimum absolute atomic E-state index is 0.0412. The molecule has 1 saturated heterocycles. The maximum Gasteiger partial charge on any atom is 0.239 e. The molecular formula is C17H26N2O4. The molecule has 1 aromatic rings. The summed E-state index contributed by atoms with van der Waals surface area (Å²) in [6.45, 7) is 2.25. The minimum Gasteiger partial charge on any atom is -0.493 e. The minimum atomic E-state index is -0.463. The summed E-state index contributed by atoms with van der Waals surface area (Å²) in [7, 11) is 3.36. The molecule has 0 radical (unpaired) electrons. The van der Waals surface area contributed by atoms with E-state index in [2.05, 4.69) is 0 Å². The summed E-state index contributed by atoms with van der Waals surface area (Å²) >= 11 is 0. The second-order valence-electron chi connectivity index (χ2n) is 5.73. The molecule has 0 bridgehead atoms. The van der Waals surface area contributed by atoms with Crippen molar-refractivity contribution >= 4 is 5.91 Å². The van der Waals surface area contributed by atoms with E-state index in [1.54, 1.807) is 19.1 Å². The van der Waals surface area contributed by atoms with Gasteiger partial charge in [-0.3, -0.25) is 4.79 Å². The number of amides is 1. The molecule has 128 valence electrons. The van der Waals surface area contributed by atoms with Gasteiger partial charge < -0.3 is 24.8 Å². The van der Waals surface area contributed by atoms with Crippen LogP contribution in [-0.4, -0.2) is 57.4 Å². The molecule has 6 heteroatoms. The van der Waals surface area contributed by atoms with Gasteiger partial charge in [0.1, 0.15) is 6.61 Å². The molecule has 1 fully saturated rings. The average molecular weight is 322 g/mol. The van der Waals surface area contributed by atoms with Crippen molar-refractivity contribution in [2.75, 3.05) is 40.5 Å². The van der Waals surface area contributed by atoms with Crippen LogP contribution in [0.25, 0.3) is 0 Å². The molecule has 2 rings (SSSR count). The van der Waals surface area contributed by atoms with Gasteiger partial charge in [0.2, 0.25) is 5.91 Å². The Morgan fingerprint density at radius 3 is 2.65 bits per heavy atom. The summed E-state index contributed by atoms with van der Waals surface area (Å²) < 4.78 is 16.2. The maximum atomic E-state index is 12.4. The Labute approximate surface area is 137 Å². The zero-order valence-corrected chi connectivity index (χ0v) is 13.9. The van der Waals surface area contributed by atoms with Gasteiger partial charge in [-0.2, -0.15) is 0 Å². The topological polar surface area (TPSA) is 74.0 Å². The van der Waals surface area contributed by atoms with E-state index in [0.717, 1.165) is 12.8 Å². The second kappa shape index (κ2) is 8.74. The maximum absolute atomic E-state index is 12.4. The molecule has 0 saturated carbocycles. The van der Waals surface area contributed by atoms with Crippen LogP contribution >= 0.6 is 0 Å². The third-order valence-corrected chi connectivity index (χ3v) is 4.19. The molecule has 1 heterocycles. The molecule has 0 spiro atoms. The molecule has 0 aliphatic carbocycles. The first-order valence-electron chi connectivity index (χ1n) is 7.97. The van der Waals surface area contributed by atoms with Crippen molar-refractivity contribution in [3.63, 3.8) is 0 Å². The van der Waals surface area contributed by atoms with Gasteiger partial charge in [0, 0.05) is 20.3 Å². The van der Waals surface area contributed by atoms with Gasteiger partial charge in [-0.25, -0.2) is 0 Å². The number of nitrogens with zero attached hydrogens (tertiary/aromatic N) is 1. The first-order chi connectivity index (χ1) is 11.1. The van der Waals surface area contributed by atoms with E-state index in [-0.39, 0.29) is 11.8 Å². The summed E-state index contributed by atoms with van der Waals surface area (Å²) in [4.78, 5) is 14.0. The number of nitrogens with two attached hydrogens (primary N) is 1. The van der Waals surface area contributed by atoms with Crippen molar-refractivity contribution < 1.29 is 19.0 Å². The highest BCUT2D eigenvalue weighted by atomic mass is 16.5. The summed E-state index contributed by atoms with van der Waals surface area (Å²) in [5, 5.41) is 0. The van der Waals surface area contributed by atoms with Crippen molar-refractivity contribution in [1.82, 2.24) is 4.90 Å². The van der Waals surface area contributed by atoms with Crippen molar-refractivity contribution in [2.45, 2.75) is 18.9 Å². The largest absolute Gasteiger partial charge is 0.493 e. The van der Waals surface area contributed by atoms with E-state index in [1.165, 1.54) is 0 Å². The molecule has 1 unspecified atom stereocenters. The number of para-hydroxylation sites is 2. The fourth-order valence-electron chi connectivity index (χ4n) is 2.67. The van der Waals surface area contributed by atoms with Gasteiger partial charge in [-0.15, -0.1) is 0 Å². The van der Waals surface area contributed by atoms with Gasteiger partial charge in [0.25, 0.3) is 0 Å². The molecule has 23 heavy (non-hydrogen) atoms. The Hall–Kier alpha value is -1.79. The van der Waals surface area contributed by atoms with Crippen LogP contribution in [0.5, 0.6) is 11.5 Å². The summed E-state index contributed by atoms with van der Waals surface area (Å²) in [6, 6.07) is 6.98. The standard InChI is InChI=1S/C17H26N2O4/c1-19(17(20)16(18)13-7-10-22-11-8-13)9-12-23-15-6-4-3-5-14(15)21-2/h3-6,13,16H,7-12,18H2,1-2H3. The van der Waals surface area contributed by atoms with Gasteiger partial charge in [-0.05, 0) is 30.9 Å².